The smallest absolute Gasteiger partial charge is 0.321 e. The molecule has 274 valence electrons. The van der Waals surface area contributed by atoms with Gasteiger partial charge in [0.05, 0.1) is 42.4 Å². The van der Waals surface area contributed by atoms with Gasteiger partial charge in [-0.05, 0) is 62.8 Å². The van der Waals surface area contributed by atoms with Crippen molar-refractivity contribution in [1.82, 2.24) is 19.4 Å². The largest absolute Gasteiger partial charge is 0.490 e. The van der Waals surface area contributed by atoms with E-state index in [1.54, 1.807) is 43.0 Å². The number of rotatable bonds is 8. The number of aliphatic hydroxyl groups is 1. The molecular formula is C37H48N6O7S. The number of ether oxygens (including phenoxy) is 2. The molecule has 4 atom stereocenters. The summed E-state index contributed by atoms with van der Waals surface area (Å²) in [7, 11) is -0.657. The van der Waals surface area contributed by atoms with Gasteiger partial charge in [0.15, 0.2) is 5.03 Å². The van der Waals surface area contributed by atoms with Crippen molar-refractivity contribution in [1.29, 1.82) is 0 Å². The van der Waals surface area contributed by atoms with Crippen LogP contribution < -0.4 is 14.8 Å². The monoisotopic (exact) mass is 720 g/mol. The number of aryl methyl sites for hydroxylation is 1. The zero-order chi connectivity index (χ0) is 36.7. The number of carbonyl (C=O) groups is 2. The molecular weight excluding hydrogens is 673 g/mol. The molecule has 13 nitrogen and oxygen atoms in total. The quantitative estimate of drug-likeness (QED) is 0.221. The van der Waals surface area contributed by atoms with Crippen molar-refractivity contribution in [3.63, 3.8) is 0 Å². The van der Waals surface area contributed by atoms with Crippen LogP contribution in [0.25, 0.3) is 10.8 Å². The van der Waals surface area contributed by atoms with Crippen molar-refractivity contribution in [3.8, 4) is 5.75 Å². The second-order valence-electron chi connectivity index (χ2n) is 13.3. The summed E-state index contributed by atoms with van der Waals surface area (Å²) in [5, 5.41) is 15.1. The third-order valence-corrected chi connectivity index (χ3v) is 10.4. The van der Waals surface area contributed by atoms with Crippen molar-refractivity contribution >= 4 is 44.1 Å². The van der Waals surface area contributed by atoms with Gasteiger partial charge in [-0.15, -0.1) is 0 Å². The van der Waals surface area contributed by atoms with Gasteiger partial charge in [0.25, 0.3) is 15.9 Å². The van der Waals surface area contributed by atoms with Crippen LogP contribution >= 0.6 is 0 Å². The lowest BCUT2D eigenvalue weighted by Crippen LogP contribution is -2.48. The number of anilines is 2. The fourth-order valence-electron chi connectivity index (χ4n) is 6.08. The minimum Gasteiger partial charge on any atom is -0.490 e. The van der Waals surface area contributed by atoms with Gasteiger partial charge in [-0.1, -0.05) is 43.3 Å². The van der Waals surface area contributed by atoms with Gasteiger partial charge >= 0.3 is 6.03 Å². The first-order chi connectivity index (χ1) is 24.4. The summed E-state index contributed by atoms with van der Waals surface area (Å²) in [5.74, 6) is -0.402. The Morgan fingerprint density at radius 2 is 1.88 bits per heavy atom. The molecule has 1 aromatic heterocycles. The number of amides is 3. The fraction of sp³-hybridized carbons (Fsp3) is 0.432. The standard InChI is InChI=1S/C37H48N6O7S/c1-25-20-43(26(2)23-44)36(45)31-19-29(40-51(47,48)35-22-41(4)24-38-35)16-17-33(31)50-27(3)11-8-9-18-49-34(25)21-42(5)37(46)39-32-15-10-13-28-12-6-7-14-30(28)32/h6-7,10,12-17,19,22,24-27,34,40,44H,8-9,11,18,20-21,23H2,1-5H3,(H,39,46)/t25-,26+,27+,34-/m0/s1. The normalized spacial score (nSPS) is 19.8. The van der Waals surface area contributed by atoms with Crippen LogP contribution in [0.4, 0.5) is 16.2 Å². The van der Waals surface area contributed by atoms with Crippen LogP contribution in [-0.2, 0) is 21.8 Å². The number of nitrogens with one attached hydrogen (secondary N) is 2. The fourth-order valence-corrected chi connectivity index (χ4v) is 7.11. The van der Waals surface area contributed by atoms with Gasteiger partial charge in [0.2, 0.25) is 0 Å². The third-order valence-electron chi connectivity index (χ3n) is 9.09. The van der Waals surface area contributed by atoms with E-state index < -0.39 is 28.1 Å². The highest BCUT2D eigenvalue weighted by molar-refractivity contribution is 7.92. The Hall–Kier alpha value is -4.66. The maximum atomic E-state index is 14.4. The van der Waals surface area contributed by atoms with Gasteiger partial charge in [0.1, 0.15) is 5.75 Å². The maximum absolute atomic E-state index is 14.4. The number of imidazole rings is 1. The molecule has 51 heavy (non-hydrogen) atoms. The second kappa shape index (κ2) is 16.6. The Morgan fingerprint density at radius 1 is 1.12 bits per heavy atom. The molecule has 0 bridgehead atoms. The average Bonchev–Trinajstić information content (AvgIpc) is 3.56. The van der Waals surface area contributed by atoms with E-state index in [0.29, 0.717) is 24.5 Å². The molecule has 3 aromatic carbocycles. The Kier molecular flexibility index (Phi) is 12.2. The first-order valence-electron chi connectivity index (χ1n) is 17.2. The maximum Gasteiger partial charge on any atom is 0.321 e. The number of hydrogen-bond donors (Lipinski definition) is 3. The van der Waals surface area contributed by atoms with Crippen molar-refractivity contribution in [2.75, 3.05) is 43.4 Å². The van der Waals surface area contributed by atoms with Gasteiger partial charge in [0, 0.05) is 57.0 Å². The number of nitrogens with zero attached hydrogens (tertiary/aromatic N) is 4. The zero-order valence-corrected chi connectivity index (χ0v) is 30.6. The molecule has 0 unspecified atom stereocenters. The molecule has 2 heterocycles. The summed E-state index contributed by atoms with van der Waals surface area (Å²) < 4.78 is 42.9. The topological polar surface area (TPSA) is 155 Å². The molecule has 0 saturated heterocycles. The minimum absolute atomic E-state index is 0.150. The lowest BCUT2D eigenvalue weighted by atomic mass is 10.0. The first-order valence-corrected chi connectivity index (χ1v) is 18.7. The van der Waals surface area contributed by atoms with Crippen LogP contribution in [0.2, 0.25) is 0 Å². The second-order valence-corrected chi connectivity index (χ2v) is 15.0. The van der Waals surface area contributed by atoms with E-state index in [1.165, 1.54) is 23.2 Å². The van der Waals surface area contributed by atoms with Crippen LogP contribution in [0.3, 0.4) is 0 Å². The third kappa shape index (κ3) is 9.37. The number of fused-ring (bicyclic) bond motifs is 2. The van der Waals surface area contributed by atoms with Gasteiger partial charge in [-0.3, -0.25) is 9.52 Å². The van der Waals surface area contributed by atoms with Gasteiger partial charge < -0.3 is 34.3 Å². The summed E-state index contributed by atoms with van der Waals surface area (Å²) in [6.07, 6.45) is 4.33. The lowest BCUT2D eigenvalue weighted by Gasteiger charge is -2.35. The summed E-state index contributed by atoms with van der Waals surface area (Å²) in [4.78, 5) is 35.0. The highest BCUT2D eigenvalue weighted by Gasteiger charge is 2.31. The molecule has 3 amide bonds. The molecule has 0 radical (unpaired) electrons. The molecule has 3 N–H and O–H groups in total. The lowest BCUT2D eigenvalue weighted by molar-refractivity contribution is -0.0115. The summed E-state index contributed by atoms with van der Waals surface area (Å²) >= 11 is 0. The average molecular weight is 721 g/mol. The number of carbonyl (C=O) groups excluding carboxylic acids is 2. The van der Waals surface area contributed by atoms with Crippen LogP contribution in [0.5, 0.6) is 5.75 Å². The number of benzene rings is 3. The molecule has 5 rings (SSSR count). The molecule has 4 aromatic rings. The van der Waals surface area contributed by atoms with E-state index in [0.717, 1.165) is 23.6 Å². The van der Waals surface area contributed by atoms with E-state index in [4.69, 9.17) is 9.47 Å². The number of sulfonamides is 1. The molecule has 0 fully saturated rings. The molecule has 14 heteroatoms. The SMILES string of the molecule is C[C@@H]1CCCCO[C@@H](CN(C)C(=O)Nc2cccc3ccccc23)[C@@H](C)CN([C@H](C)CO)C(=O)c2cc(NS(=O)(=O)c3cn(C)cn3)ccc2O1. The summed E-state index contributed by atoms with van der Waals surface area (Å²) in [5.41, 5.74) is 1.02. The van der Waals surface area contributed by atoms with Crippen LogP contribution in [0, 0.1) is 5.92 Å². The molecule has 0 spiro atoms. The zero-order valence-electron chi connectivity index (χ0n) is 29.8. The predicted molar refractivity (Wildman–Crippen MR) is 196 cm³/mol. The van der Waals surface area contributed by atoms with Crippen molar-refractivity contribution in [2.24, 2.45) is 13.0 Å². The van der Waals surface area contributed by atoms with Gasteiger partial charge in [-0.25, -0.2) is 9.78 Å². The number of likely N-dealkylation sites (N-methyl/N-ethyl adjacent to an activating group) is 1. The molecule has 1 aliphatic rings. The Morgan fingerprint density at radius 3 is 2.63 bits per heavy atom. The Bertz CT molecular complexity index is 1930. The van der Waals surface area contributed by atoms with Crippen molar-refractivity contribution in [2.45, 2.75) is 63.3 Å². The number of aromatic nitrogens is 2. The Labute approximate surface area is 299 Å². The van der Waals surface area contributed by atoms with Crippen LogP contribution in [0.1, 0.15) is 50.4 Å². The Balaban J connectivity index is 1.40. The number of aliphatic hydroxyl groups excluding tert-OH is 1. The first kappa shape index (κ1) is 37.6. The van der Waals surface area contributed by atoms with Crippen molar-refractivity contribution in [3.05, 3.63) is 78.8 Å². The van der Waals surface area contributed by atoms with Gasteiger partial charge in [-0.2, -0.15) is 8.42 Å². The van der Waals surface area contributed by atoms with Crippen LogP contribution in [-0.4, -0.2) is 96.4 Å². The van der Waals surface area contributed by atoms with Crippen molar-refractivity contribution < 1.29 is 32.6 Å². The van der Waals surface area contributed by atoms with E-state index in [2.05, 4.69) is 15.0 Å². The number of urea groups is 1. The predicted octanol–water partition coefficient (Wildman–Crippen LogP) is 5.33. The molecule has 0 saturated carbocycles. The highest BCUT2D eigenvalue weighted by Crippen LogP contribution is 2.30. The van der Waals surface area contributed by atoms with E-state index >= 15 is 0 Å². The number of hydrogen-bond acceptors (Lipinski definition) is 8. The minimum atomic E-state index is -4.04. The molecule has 1 aliphatic heterocycles. The van der Waals surface area contributed by atoms with E-state index in [9.17, 15) is 23.1 Å². The summed E-state index contributed by atoms with van der Waals surface area (Å²) in [6.45, 7) is 6.20. The van der Waals surface area contributed by atoms with E-state index in [-0.39, 0.29) is 54.0 Å². The highest BCUT2D eigenvalue weighted by atomic mass is 32.2. The summed E-state index contributed by atoms with van der Waals surface area (Å²) in [6, 6.07) is 17.3. The van der Waals surface area contributed by atoms with Crippen LogP contribution in [0.15, 0.2) is 78.2 Å². The molecule has 0 aliphatic carbocycles. The van der Waals surface area contributed by atoms with E-state index in [1.807, 2.05) is 56.3 Å².